The summed E-state index contributed by atoms with van der Waals surface area (Å²) in [6.45, 7) is 8.12. The highest BCUT2D eigenvalue weighted by Gasteiger charge is 2.24. The van der Waals surface area contributed by atoms with Gasteiger partial charge in [0.05, 0.1) is 11.7 Å². The van der Waals surface area contributed by atoms with Gasteiger partial charge in [0, 0.05) is 33.4 Å². The van der Waals surface area contributed by atoms with Crippen LogP contribution in [0.3, 0.4) is 0 Å². The molecule has 0 bridgehead atoms. The van der Waals surface area contributed by atoms with Gasteiger partial charge in [-0.05, 0) is 83.0 Å². The molecule has 7 nitrogen and oxygen atoms in total. The van der Waals surface area contributed by atoms with Crippen LogP contribution in [-0.2, 0) is 26.7 Å². The fourth-order valence-electron chi connectivity index (χ4n) is 4.92. The Labute approximate surface area is 274 Å². The minimum Gasteiger partial charge on any atom is -0.351 e. The van der Waals surface area contributed by atoms with E-state index in [-0.39, 0.29) is 17.9 Å². The maximum absolute atomic E-state index is 13.9. The molecule has 45 heavy (non-hydrogen) atoms. The number of anilines is 1. The number of benzene rings is 4. The van der Waals surface area contributed by atoms with E-state index in [0.29, 0.717) is 27.7 Å². The molecule has 236 valence electrons. The number of halogens is 2. The number of carbonyl (C=O) groups excluding carboxylic acids is 2. The zero-order valence-corrected chi connectivity index (χ0v) is 27.9. The zero-order chi connectivity index (χ0) is 32.9. The molecule has 0 spiro atoms. The molecular weight excluding hydrogens is 631 g/mol. The molecule has 0 saturated carbocycles. The fraction of sp³-hybridized carbons (Fsp3) is 0.257. The summed E-state index contributed by atoms with van der Waals surface area (Å²) in [6, 6.07) is 26.0. The van der Waals surface area contributed by atoms with E-state index >= 15 is 0 Å². The van der Waals surface area contributed by atoms with E-state index in [2.05, 4.69) is 31.4 Å². The maximum atomic E-state index is 13.9. The van der Waals surface area contributed by atoms with Gasteiger partial charge in [-0.2, -0.15) is 8.42 Å². The Morgan fingerprint density at radius 1 is 0.889 bits per heavy atom. The summed E-state index contributed by atoms with van der Waals surface area (Å²) in [6.07, 6.45) is 0.378. The van der Waals surface area contributed by atoms with Crippen LogP contribution in [0.4, 0.5) is 5.69 Å². The van der Waals surface area contributed by atoms with Gasteiger partial charge < -0.3 is 10.6 Å². The Hall–Kier alpha value is -3.69. The highest BCUT2D eigenvalue weighted by molar-refractivity contribution is 7.85. The average molecular weight is 668 g/mol. The standard InChI is InChI=1S/C35H36Cl2N2O5S/c1-22-19-26(29-15-14-28(36)21-31(29)37)11-16-32(22)39-34(41)30(24-9-12-27(13-10-24)35(2,3)4)20-23-5-7-25(8-6-23)33(40)38-17-18-45(42,43)44/h5-16,19,21,30H,17-18,20H2,1-4H3,(H,38,40)(H,39,41)(H,42,43,44). The molecule has 0 radical (unpaired) electrons. The lowest BCUT2D eigenvalue weighted by atomic mass is 9.84. The smallest absolute Gasteiger partial charge is 0.266 e. The topological polar surface area (TPSA) is 113 Å². The molecule has 0 heterocycles. The van der Waals surface area contributed by atoms with Crippen LogP contribution in [-0.4, -0.2) is 37.1 Å². The second-order valence-electron chi connectivity index (χ2n) is 12.0. The van der Waals surface area contributed by atoms with Crippen LogP contribution in [0.1, 0.15) is 59.3 Å². The van der Waals surface area contributed by atoms with E-state index in [1.807, 2.05) is 55.5 Å². The molecule has 0 aliphatic carbocycles. The molecule has 3 N–H and O–H groups in total. The first-order valence-electron chi connectivity index (χ1n) is 14.4. The molecule has 4 aromatic rings. The number of carbonyl (C=O) groups is 2. The number of nitrogens with one attached hydrogen (secondary N) is 2. The van der Waals surface area contributed by atoms with Crippen LogP contribution >= 0.6 is 23.2 Å². The Morgan fingerprint density at radius 2 is 1.56 bits per heavy atom. The SMILES string of the molecule is Cc1cc(-c2ccc(Cl)cc2Cl)ccc1NC(=O)C(Cc1ccc(C(=O)NCCS(=O)(=O)O)cc1)c1ccc(C(C)(C)C)cc1. The van der Waals surface area contributed by atoms with Crippen LogP contribution in [0.5, 0.6) is 0 Å². The van der Waals surface area contributed by atoms with Crippen LogP contribution in [0, 0.1) is 6.92 Å². The molecule has 2 amide bonds. The summed E-state index contributed by atoms with van der Waals surface area (Å²) < 4.78 is 30.7. The second-order valence-corrected chi connectivity index (χ2v) is 14.4. The van der Waals surface area contributed by atoms with Gasteiger partial charge in [-0.15, -0.1) is 0 Å². The third kappa shape index (κ3) is 9.41. The number of hydrogen-bond acceptors (Lipinski definition) is 4. The predicted octanol–water partition coefficient (Wildman–Crippen LogP) is 7.85. The van der Waals surface area contributed by atoms with Gasteiger partial charge in [-0.1, -0.05) is 92.5 Å². The Morgan fingerprint density at radius 3 is 2.13 bits per heavy atom. The van der Waals surface area contributed by atoms with Gasteiger partial charge in [-0.25, -0.2) is 0 Å². The van der Waals surface area contributed by atoms with Crippen molar-refractivity contribution in [1.82, 2.24) is 5.32 Å². The van der Waals surface area contributed by atoms with Crippen molar-refractivity contribution in [3.8, 4) is 11.1 Å². The van der Waals surface area contributed by atoms with Gasteiger partial charge >= 0.3 is 0 Å². The molecule has 10 heteroatoms. The summed E-state index contributed by atoms with van der Waals surface area (Å²) in [5, 5.41) is 6.68. The molecule has 1 unspecified atom stereocenters. The van der Waals surface area contributed by atoms with E-state index < -0.39 is 27.7 Å². The molecule has 0 aliphatic heterocycles. The van der Waals surface area contributed by atoms with E-state index in [1.54, 1.807) is 36.4 Å². The van der Waals surface area contributed by atoms with Crippen molar-refractivity contribution in [2.75, 3.05) is 17.6 Å². The largest absolute Gasteiger partial charge is 0.351 e. The average Bonchev–Trinajstić information content (AvgIpc) is 2.96. The van der Waals surface area contributed by atoms with E-state index in [0.717, 1.165) is 33.4 Å². The van der Waals surface area contributed by atoms with Gasteiger partial charge in [0.1, 0.15) is 0 Å². The summed E-state index contributed by atoms with van der Waals surface area (Å²) in [5.74, 6) is -1.74. The van der Waals surface area contributed by atoms with Gasteiger partial charge in [0.15, 0.2) is 0 Å². The lowest BCUT2D eigenvalue weighted by Crippen LogP contribution is -2.28. The van der Waals surface area contributed by atoms with Crippen molar-refractivity contribution in [2.24, 2.45) is 0 Å². The molecule has 1 atom stereocenters. The molecular formula is C35H36Cl2N2O5S. The van der Waals surface area contributed by atoms with Crippen LogP contribution < -0.4 is 10.6 Å². The molecule has 0 fully saturated rings. The highest BCUT2D eigenvalue weighted by Crippen LogP contribution is 2.33. The number of aryl methyl sites for hydroxylation is 1. The minimum atomic E-state index is -4.17. The lowest BCUT2D eigenvalue weighted by Gasteiger charge is -2.22. The predicted molar refractivity (Wildman–Crippen MR) is 182 cm³/mol. The Bertz CT molecular complexity index is 1800. The fourth-order valence-corrected chi connectivity index (χ4v) is 5.79. The summed E-state index contributed by atoms with van der Waals surface area (Å²) in [4.78, 5) is 26.3. The number of rotatable bonds is 10. The third-order valence-corrected chi connectivity index (χ3v) is 8.79. The summed E-state index contributed by atoms with van der Waals surface area (Å²) >= 11 is 12.5. The monoisotopic (exact) mass is 666 g/mol. The van der Waals surface area contributed by atoms with Crippen molar-refractivity contribution in [1.29, 1.82) is 0 Å². The quantitative estimate of drug-likeness (QED) is 0.149. The Kier molecular flexibility index (Phi) is 10.8. The van der Waals surface area contributed by atoms with Crippen molar-refractivity contribution < 1.29 is 22.6 Å². The van der Waals surface area contributed by atoms with Gasteiger partial charge in [0.25, 0.3) is 16.0 Å². The van der Waals surface area contributed by atoms with Gasteiger partial charge in [-0.3, -0.25) is 14.1 Å². The first-order chi connectivity index (χ1) is 21.1. The summed E-state index contributed by atoms with van der Waals surface area (Å²) in [5.41, 5.74) is 6.45. The van der Waals surface area contributed by atoms with Gasteiger partial charge in [0.2, 0.25) is 5.91 Å². The number of hydrogen-bond donors (Lipinski definition) is 3. The molecule has 0 aromatic heterocycles. The summed E-state index contributed by atoms with van der Waals surface area (Å²) in [7, 11) is -4.17. The first-order valence-corrected chi connectivity index (χ1v) is 16.8. The molecule has 4 rings (SSSR count). The first kappa shape index (κ1) is 34.2. The molecule has 0 aliphatic rings. The molecule has 4 aromatic carbocycles. The second kappa shape index (κ2) is 14.2. The maximum Gasteiger partial charge on any atom is 0.266 e. The van der Waals surface area contributed by atoms with E-state index in [4.69, 9.17) is 27.8 Å². The van der Waals surface area contributed by atoms with Crippen molar-refractivity contribution in [2.45, 2.75) is 45.4 Å². The van der Waals surface area contributed by atoms with Crippen molar-refractivity contribution >= 4 is 50.8 Å². The minimum absolute atomic E-state index is 0.0418. The zero-order valence-electron chi connectivity index (χ0n) is 25.5. The van der Waals surface area contributed by atoms with E-state index in [1.165, 1.54) is 0 Å². The van der Waals surface area contributed by atoms with E-state index in [9.17, 15) is 18.0 Å². The van der Waals surface area contributed by atoms with Crippen LogP contribution in [0.25, 0.3) is 11.1 Å². The lowest BCUT2D eigenvalue weighted by molar-refractivity contribution is -0.117. The highest BCUT2D eigenvalue weighted by atomic mass is 35.5. The molecule has 0 saturated heterocycles. The van der Waals surface area contributed by atoms with Crippen molar-refractivity contribution in [3.63, 3.8) is 0 Å². The Balaban J connectivity index is 1.56. The van der Waals surface area contributed by atoms with Crippen molar-refractivity contribution in [3.05, 3.63) is 123 Å². The van der Waals surface area contributed by atoms with Crippen LogP contribution in [0.15, 0.2) is 84.9 Å². The van der Waals surface area contributed by atoms with Crippen LogP contribution in [0.2, 0.25) is 10.0 Å². The third-order valence-electron chi connectivity index (χ3n) is 7.52. The normalized spacial score (nSPS) is 12.4. The number of amides is 2.